The van der Waals surface area contributed by atoms with Crippen molar-refractivity contribution in [1.82, 2.24) is 0 Å². The zero-order chi connectivity index (χ0) is 9.97. The van der Waals surface area contributed by atoms with Crippen molar-refractivity contribution < 1.29 is 0 Å². The third kappa shape index (κ3) is 1.90. The van der Waals surface area contributed by atoms with E-state index >= 15 is 0 Å². The highest BCUT2D eigenvalue weighted by atomic mass is 32.1. The van der Waals surface area contributed by atoms with E-state index in [1.54, 1.807) is 11.3 Å². The Morgan fingerprint density at radius 3 is 3.07 bits per heavy atom. The molecule has 2 N–H and O–H groups in total. The molecule has 0 radical (unpaired) electrons. The summed E-state index contributed by atoms with van der Waals surface area (Å²) in [6.07, 6.45) is 3.92. The summed E-state index contributed by atoms with van der Waals surface area (Å²) in [4.78, 5) is 1.30. The van der Waals surface area contributed by atoms with E-state index in [1.807, 2.05) is 17.4 Å². The second kappa shape index (κ2) is 4.26. The average molecular weight is 223 g/mol. The summed E-state index contributed by atoms with van der Waals surface area (Å²) in [6, 6.07) is 4.56. The molecule has 0 amide bonds. The molecule has 0 aliphatic rings. The second-order valence-electron chi connectivity index (χ2n) is 3.27. The first kappa shape index (κ1) is 9.90. The maximum Gasteiger partial charge on any atom is 0.0454 e. The number of rotatable bonds is 4. The van der Waals surface area contributed by atoms with Crippen LogP contribution in [0.1, 0.15) is 23.8 Å². The fraction of sp³-hybridized carbons (Fsp3) is 0.273. The molecule has 74 valence electrons. The lowest BCUT2D eigenvalue weighted by molar-refractivity contribution is 0.673. The summed E-state index contributed by atoms with van der Waals surface area (Å²) in [5, 5.41) is 2.13. The Morgan fingerprint density at radius 1 is 1.50 bits per heavy atom. The smallest absolute Gasteiger partial charge is 0.0454 e. The maximum absolute atomic E-state index is 6.07. The van der Waals surface area contributed by atoms with E-state index in [-0.39, 0.29) is 6.04 Å². The minimum Gasteiger partial charge on any atom is -0.323 e. The molecule has 1 nitrogen and oxygen atoms in total. The predicted molar refractivity (Wildman–Crippen MR) is 66.1 cm³/mol. The molecule has 3 heteroatoms. The zero-order valence-corrected chi connectivity index (χ0v) is 9.53. The number of fused-ring (bicyclic) bond motifs is 1. The Hall–Kier alpha value is -0.640. The molecule has 2 aromatic rings. The van der Waals surface area contributed by atoms with Crippen LogP contribution in [-0.2, 0) is 0 Å². The summed E-state index contributed by atoms with van der Waals surface area (Å²) < 4.78 is 2.72. The lowest BCUT2D eigenvalue weighted by Crippen LogP contribution is -2.07. The van der Waals surface area contributed by atoms with Gasteiger partial charge in [0.25, 0.3) is 0 Å². The van der Waals surface area contributed by atoms with Crippen LogP contribution in [0.15, 0.2) is 30.2 Å². The minimum absolute atomic E-state index is 0.178. The van der Waals surface area contributed by atoms with Crippen LogP contribution in [0, 0.1) is 0 Å². The summed E-state index contributed by atoms with van der Waals surface area (Å²) >= 11 is 3.60. The molecule has 2 aromatic heterocycles. The van der Waals surface area contributed by atoms with Crippen molar-refractivity contribution >= 4 is 32.1 Å². The van der Waals surface area contributed by atoms with Crippen LogP contribution in [0.4, 0.5) is 0 Å². The fourth-order valence-corrected chi connectivity index (χ4v) is 3.56. The van der Waals surface area contributed by atoms with E-state index in [4.69, 9.17) is 5.73 Å². The van der Waals surface area contributed by atoms with Gasteiger partial charge < -0.3 is 5.73 Å². The van der Waals surface area contributed by atoms with Gasteiger partial charge in [-0.2, -0.15) is 0 Å². The van der Waals surface area contributed by atoms with Gasteiger partial charge in [-0.05, 0) is 30.4 Å². The number of hydrogen-bond donors (Lipinski definition) is 1. The number of nitrogens with two attached hydrogens (primary N) is 1. The van der Waals surface area contributed by atoms with Crippen molar-refractivity contribution in [3.8, 4) is 0 Å². The van der Waals surface area contributed by atoms with Gasteiger partial charge in [-0.25, -0.2) is 0 Å². The first-order valence-electron chi connectivity index (χ1n) is 4.64. The second-order valence-corrected chi connectivity index (χ2v) is 5.33. The van der Waals surface area contributed by atoms with Crippen LogP contribution < -0.4 is 5.73 Å². The number of thiophene rings is 2. The largest absolute Gasteiger partial charge is 0.323 e. The van der Waals surface area contributed by atoms with Crippen LogP contribution in [0.3, 0.4) is 0 Å². The van der Waals surface area contributed by atoms with Gasteiger partial charge in [0.1, 0.15) is 0 Å². The quantitative estimate of drug-likeness (QED) is 0.781. The first-order chi connectivity index (χ1) is 6.81. The molecule has 0 aliphatic carbocycles. The van der Waals surface area contributed by atoms with Crippen molar-refractivity contribution in [2.75, 3.05) is 0 Å². The highest BCUT2D eigenvalue weighted by molar-refractivity contribution is 7.26. The van der Waals surface area contributed by atoms with E-state index in [1.165, 1.54) is 14.3 Å². The number of allylic oxidation sites excluding steroid dienone is 1. The summed E-state index contributed by atoms with van der Waals surface area (Å²) in [6.45, 7) is 3.71. The third-order valence-electron chi connectivity index (χ3n) is 2.21. The normalized spacial score (nSPS) is 13.2. The summed E-state index contributed by atoms with van der Waals surface area (Å²) in [7, 11) is 0. The van der Waals surface area contributed by atoms with Gasteiger partial charge in [-0.15, -0.1) is 29.3 Å². The summed E-state index contributed by atoms with van der Waals surface area (Å²) in [5.41, 5.74) is 6.07. The Morgan fingerprint density at radius 2 is 2.36 bits per heavy atom. The SMILES string of the molecule is C=CCCC(N)c1cc2sccc2s1. The van der Waals surface area contributed by atoms with Crippen molar-refractivity contribution in [2.24, 2.45) is 5.73 Å². The van der Waals surface area contributed by atoms with Gasteiger partial charge in [0.15, 0.2) is 0 Å². The van der Waals surface area contributed by atoms with Crippen LogP contribution in [-0.4, -0.2) is 0 Å². The van der Waals surface area contributed by atoms with Gasteiger partial charge >= 0.3 is 0 Å². The molecule has 0 aromatic carbocycles. The summed E-state index contributed by atoms with van der Waals surface area (Å²) in [5.74, 6) is 0. The molecule has 1 atom stereocenters. The van der Waals surface area contributed by atoms with E-state index < -0.39 is 0 Å². The van der Waals surface area contributed by atoms with Gasteiger partial charge in [-0.3, -0.25) is 0 Å². The van der Waals surface area contributed by atoms with Crippen LogP contribution in [0.25, 0.3) is 9.40 Å². The monoisotopic (exact) mass is 223 g/mol. The first-order valence-corrected chi connectivity index (χ1v) is 6.34. The molecule has 1 unspecified atom stereocenters. The van der Waals surface area contributed by atoms with Gasteiger partial charge in [0.05, 0.1) is 0 Å². The van der Waals surface area contributed by atoms with Crippen LogP contribution in [0.2, 0.25) is 0 Å². The van der Waals surface area contributed by atoms with Crippen molar-refractivity contribution in [2.45, 2.75) is 18.9 Å². The van der Waals surface area contributed by atoms with E-state index in [9.17, 15) is 0 Å². The zero-order valence-electron chi connectivity index (χ0n) is 7.90. The Balaban J connectivity index is 2.17. The van der Waals surface area contributed by atoms with Gasteiger partial charge in [0.2, 0.25) is 0 Å². The van der Waals surface area contributed by atoms with Crippen LogP contribution in [0.5, 0.6) is 0 Å². The maximum atomic E-state index is 6.07. The van der Waals surface area contributed by atoms with E-state index in [0.29, 0.717) is 0 Å². The van der Waals surface area contributed by atoms with Gasteiger partial charge in [0, 0.05) is 20.3 Å². The number of hydrogen-bond acceptors (Lipinski definition) is 3. The fourth-order valence-electron chi connectivity index (χ4n) is 1.41. The highest BCUT2D eigenvalue weighted by Crippen LogP contribution is 2.33. The van der Waals surface area contributed by atoms with E-state index in [2.05, 4.69) is 24.1 Å². The minimum atomic E-state index is 0.178. The molecule has 0 bridgehead atoms. The molecule has 2 rings (SSSR count). The van der Waals surface area contributed by atoms with E-state index in [0.717, 1.165) is 12.8 Å². The lowest BCUT2D eigenvalue weighted by Gasteiger charge is -2.06. The molecule has 0 spiro atoms. The molecule has 0 aliphatic heterocycles. The Labute approximate surface area is 91.9 Å². The van der Waals surface area contributed by atoms with Gasteiger partial charge in [-0.1, -0.05) is 6.08 Å². The van der Waals surface area contributed by atoms with Crippen LogP contribution >= 0.6 is 22.7 Å². The molecule has 0 saturated heterocycles. The molecule has 2 heterocycles. The third-order valence-corrected chi connectivity index (χ3v) is 4.43. The molecule has 0 saturated carbocycles. The molecule has 14 heavy (non-hydrogen) atoms. The van der Waals surface area contributed by atoms with Crippen molar-refractivity contribution in [1.29, 1.82) is 0 Å². The standard InChI is InChI=1S/C11H13NS2/c1-2-3-4-8(12)10-7-11-9(14-10)5-6-13-11/h2,5-8H,1,3-4,12H2. The predicted octanol–water partition coefficient (Wildman–Crippen LogP) is 3.93. The Kier molecular flexibility index (Phi) is 3.01. The molecular weight excluding hydrogens is 210 g/mol. The van der Waals surface area contributed by atoms with Crippen molar-refractivity contribution in [3.05, 3.63) is 35.0 Å². The molecular formula is C11H13NS2. The van der Waals surface area contributed by atoms with Crippen molar-refractivity contribution in [3.63, 3.8) is 0 Å². The topological polar surface area (TPSA) is 26.0 Å². The average Bonchev–Trinajstić information content (AvgIpc) is 2.72. The molecule has 0 fully saturated rings. The Bertz CT molecular complexity index is 399. The highest BCUT2D eigenvalue weighted by Gasteiger charge is 2.09. The lowest BCUT2D eigenvalue weighted by atomic mass is 10.1.